The number of anilines is 1. The van der Waals surface area contributed by atoms with Crippen molar-refractivity contribution in [1.29, 1.82) is 0 Å². The van der Waals surface area contributed by atoms with E-state index >= 15 is 0 Å². The molecule has 0 saturated carbocycles. The van der Waals surface area contributed by atoms with Crippen molar-refractivity contribution < 1.29 is 13.5 Å². The zero-order chi connectivity index (χ0) is 18.7. The van der Waals surface area contributed by atoms with Gasteiger partial charge < -0.3 is 15.4 Å². The summed E-state index contributed by atoms with van der Waals surface area (Å²) in [5.41, 5.74) is 9.60. The summed E-state index contributed by atoms with van der Waals surface area (Å²) < 4.78 is 24.8. The Morgan fingerprint density at radius 3 is 2.81 bits per heavy atom. The summed E-state index contributed by atoms with van der Waals surface area (Å²) >= 11 is 0. The number of fused-ring (bicyclic) bond motifs is 1. The number of nitrogens with two attached hydrogens (primary N) is 1. The van der Waals surface area contributed by atoms with Crippen LogP contribution in [0.4, 0.5) is 5.82 Å². The van der Waals surface area contributed by atoms with Crippen molar-refractivity contribution in [2.75, 3.05) is 24.3 Å². The number of aliphatic hydroxyl groups excluding tert-OH is 1. The van der Waals surface area contributed by atoms with Gasteiger partial charge in [-0.05, 0) is 24.0 Å². The first-order chi connectivity index (χ1) is 12.4. The molecule has 0 bridgehead atoms. The molecule has 8 heteroatoms. The molecule has 3 rings (SSSR count). The van der Waals surface area contributed by atoms with Crippen LogP contribution in [-0.2, 0) is 22.8 Å². The lowest BCUT2D eigenvalue weighted by Crippen LogP contribution is -2.05. The van der Waals surface area contributed by atoms with Crippen molar-refractivity contribution in [1.82, 2.24) is 14.5 Å². The van der Waals surface area contributed by atoms with Gasteiger partial charge in [0.05, 0.1) is 11.1 Å². The van der Waals surface area contributed by atoms with Crippen LogP contribution in [0.25, 0.3) is 22.2 Å². The lowest BCUT2D eigenvalue weighted by molar-refractivity contribution is 0.280. The zero-order valence-corrected chi connectivity index (χ0v) is 15.4. The van der Waals surface area contributed by atoms with E-state index in [1.54, 1.807) is 0 Å². The number of aromatic nitrogens is 3. The van der Waals surface area contributed by atoms with Crippen LogP contribution in [0.5, 0.6) is 0 Å². The first-order valence-corrected chi connectivity index (χ1v) is 10.4. The van der Waals surface area contributed by atoms with Crippen LogP contribution in [0, 0.1) is 0 Å². The Balaban J connectivity index is 2.05. The Morgan fingerprint density at radius 2 is 2.08 bits per heavy atom. The van der Waals surface area contributed by atoms with Crippen molar-refractivity contribution >= 4 is 26.7 Å². The molecule has 2 aromatic heterocycles. The molecule has 0 spiro atoms. The normalized spacial score (nSPS) is 11.9. The van der Waals surface area contributed by atoms with E-state index in [2.05, 4.69) is 9.97 Å². The van der Waals surface area contributed by atoms with Crippen molar-refractivity contribution in [3.8, 4) is 11.1 Å². The Hall–Kier alpha value is -2.45. The quantitative estimate of drug-likeness (QED) is 0.650. The molecule has 3 aromatic rings. The van der Waals surface area contributed by atoms with Crippen LogP contribution in [0.2, 0.25) is 0 Å². The highest BCUT2D eigenvalue weighted by Gasteiger charge is 2.15. The molecular weight excluding hydrogens is 352 g/mol. The molecule has 7 nitrogen and oxygen atoms in total. The van der Waals surface area contributed by atoms with Gasteiger partial charge in [0.1, 0.15) is 27.6 Å². The fourth-order valence-electron chi connectivity index (χ4n) is 2.98. The number of sulfone groups is 1. The Kier molecular flexibility index (Phi) is 5.24. The number of rotatable bonds is 7. The molecule has 2 heterocycles. The highest BCUT2D eigenvalue weighted by atomic mass is 32.2. The smallest absolute Gasteiger partial charge is 0.147 e. The van der Waals surface area contributed by atoms with E-state index in [1.807, 2.05) is 35.0 Å². The maximum Gasteiger partial charge on any atom is 0.147 e. The van der Waals surface area contributed by atoms with Gasteiger partial charge in [0, 0.05) is 31.2 Å². The SMILES string of the molecule is CS(=O)(=O)CCc1cccc(-c2cn(CCCO)c3ncnc(N)c23)c1. The standard InChI is InChI=1S/C18H22N4O3S/c1-26(24,25)9-6-13-4-2-5-14(10-13)15-11-22(7-3-8-23)18-16(15)17(19)20-12-21-18/h2,4-5,10-12,23H,3,6-9H2,1H3,(H2,19,20,21). The molecule has 0 saturated heterocycles. The van der Waals surface area contributed by atoms with Crippen LogP contribution in [0.1, 0.15) is 12.0 Å². The monoisotopic (exact) mass is 374 g/mol. The summed E-state index contributed by atoms with van der Waals surface area (Å²) in [6, 6.07) is 7.76. The van der Waals surface area contributed by atoms with E-state index in [0.29, 0.717) is 25.2 Å². The molecule has 3 N–H and O–H groups in total. The fourth-order valence-corrected chi connectivity index (χ4v) is 3.58. The third kappa shape index (κ3) is 4.03. The number of aliphatic hydroxyl groups is 1. The lowest BCUT2D eigenvalue weighted by Gasteiger charge is -2.05. The summed E-state index contributed by atoms with van der Waals surface area (Å²) in [5.74, 6) is 0.509. The summed E-state index contributed by atoms with van der Waals surface area (Å²) in [4.78, 5) is 8.45. The van der Waals surface area contributed by atoms with E-state index in [1.165, 1.54) is 12.6 Å². The molecule has 0 fully saturated rings. The van der Waals surface area contributed by atoms with Crippen LogP contribution >= 0.6 is 0 Å². The highest BCUT2D eigenvalue weighted by molar-refractivity contribution is 7.90. The second-order valence-electron chi connectivity index (χ2n) is 6.35. The van der Waals surface area contributed by atoms with Crippen molar-refractivity contribution in [3.63, 3.8) is 0 Å². The summed E-state index contributed by atoms with van der Waals surface area (Å²) in [6.45, 7) is 0.716. The predicted octanol–water partition coefficient (Wildman–Crippen LogP) is 1.65. The van der Waals surface area contributed by atoms with Gasteiger partial charge in [-0.25, -0.2) is 18.4 Å². The van der Waals surface area contributed by atoms with Crippen molar-refractivity contribution in [3.05, 3.63) is 42.4 Å². The van der Waals surface area contributed by atoms with Gasteiger partial charge in [-0.15, -0.1) is 0 Å². The summed E-state index contributed by atoms with van der Waals surface area (Å²) in [6.07, 6.45) is 5.70. The first kappa shape index (κ1) is 18.3. The average molecular weight is 374 g/mol. The number of nitrogen functional groups attached to an aromatic ring is 1. The van der Waals surface area contributed by atoms with Gasteiger partial charge in [-0.1, -0.05) is 24.3 Å². The third-order valence-electron chi connectivity index (χ3n) is 4.24. The third-order valence-corrected chi connectivity index (χ3v) is 5.19. The second-order valence-corrected chi connectivity index (χ2v) is 8.61. The largest absolute Gasteiger partial charge is 0.396 e. The molecule has 26 heavy (non-hydrogen) atoms. The molecule has 1 aromatic carbocycles. The van der Waals surface area contributed by atoms with E-state index in [4.69, 9.17) is 10.8 Å². The Morgan fingerprint density at radius 1 is 1.27 bits per heavy atom. The molecule has 0 radical (unpaired) electrons. The molecule has 0 amide bonds. The lowest BCUT2D eigenvalue weighted by atomic mass is 10.0. The van der Waals surface area contributed by atoms with Gasteiger partial charge in [0.2, 0.25) is 0 Å². The maximum atomic E-state index is 11.4. The van der Waals surface area contributed by atoms with Gasteiger partial charge in [-0.2, -0.15) is 0 Å². The van der Waals surface area contributed by atoms with Crippen molar-refractivity contribution in [2.45, 2.75) is 19.4 Å². The van der Waals surface area contributed by atoms with E-state index in [-0.39, 0.29) is 12.4 Å². The van der Waals surface area contributed by atoms with Gasteiger partial charge >= 0.3 is 0 Å². The van der Waals surface area contributed by atoms with E-state index in [9.17, 15) is 8.42 Å². The van der Waals surface area contributed by atoms with Crippen LogP contribution in [0.15, 0.2) is 36.8 Å². The average Bonchev–Trinajstić information content (AvgIpc) is 2.98. The van der Waals surface area contributed by atoms with Gasteiger partial charge in [-0.3, -0.25) is 0 Å². The molecule has 0 atom stereocenters. The molecule has 0 unspecified atom stereocenters. The molecule has 0 aliphatic carbocycles. The molecule has 0 aliphatic rings. The van der Waals surface area contributed by atoms with Crippen molar-refractivity contribution in [2.24, 2.45) is 0 Å². The fraction of sp³-hybridized carbons (Fsp3) is 0.333. The second kappa shape index (κ2) is 7.43. The number of hydrogen-bond donors (Lipinski definition) is 2. The predicted molar refractivity (Wildman–Crippen MR) is 102 cm³/mol. The topological polar surface area (TPSA) is 111 Å². The Labute approximate surface area is 152 Å². The maximum absolute atomic E-state index is 11.4. The van der Waals surface area contributed by atoms with E-state index < -0.39 is 9.84 Å². The van der Waals surface area contributed by atoms with Crippen LogP contribution in [0.3, 0.4) is 0 Å². The number of benzene rings is 1. The molecule has 0 aliphatic heterocycles. The molecular formula is C18H22N4O3S. The van der Waals surface area contributed by atoms with Crippen LogP contribution in [-0.4, -0.2) is 46.7 Å². The summed E-state index contributed by atoms with van der Waals surface area (Å²) in [7, 11) is -3.02. The number of nitrogens with zero attached hydrogens (tertiary/aromatic N) is 3. The number of aryl methyl sites for hydroxylation is 2. The zero-order valence-electron chi connectivity index (χ0n) is 14.6. The van der Waals surface area contributed by atoms with Gasteiger partial charge in [0.15, 0.2) is 0 Å². The van der Waals surface area contributed by atoms with Crippen LogP contribution < -0.4 is 5.73 Å². The summed E-state index contributed by atoms with van der Waals surface area (Å²) in [5, 5.41) is 9.89. The molecule has 138 valence electrons. The highest BCUT2D eigenvalue weighted by Crippen LogP contribution is 2.33. The minimum atomic E-state index is -3.02. The number of hydrogen-bond acceptors (Lipinski definition) is 6. The van der Waals surface area contributed by atoms with E-state index in [0.717, 1.165) is 27.7 Å². The first-order valence-electron chi connectivity index (χ1n) is 8.36. The minimum absolute atomic E-state index is 0.0938. The Bertz CT molecular complexity index is 1030. The minimum Gasteiger partial charge on any atom is -0.396 e. The van der Waals surface area contributed by atoms with Gasteiger partial charge in [0.25, 0.3) is 0 Å².